The van der Waals surface area contributed by atoms with Crippen molar-refractivity contribution in [3.63, 3.8) is 0 Å². The number of hydrogen-bond donors (Lipinski definition) is 1. The Hall–Kier alpha value is -3.24. The van der Waals surface area contributed by atoms with E-state index in [1.54, 1.807) is 13.8 Å². The van der Waals surface area contributed by atoms with E-state index in [1.165, 1.54) is 32.4 Å². The van der Waals surface area contributed by atoms with Crippen LogP contribution in [0.5, 0.6) is 0 Å². The summed E-state index contributed by atoms with van der Waals surface area (Å²) in [5.74, 6) is -4.33. The van der Waals surface area contributed by atoms with Gasteiger partial charge in [-0.1, -0.05) is 24.6 Å². The molecule has 0 saturated heterocycles. The summed E-state index contributed by atoms with van der Waals surface area (Å²) in [5, 5.41) is 14.6. The second kappa shape index (κ2) is 10.4. The summed E-state index contributed by atoms with van der Waals surface area (Å²) < 4.78 is 15.1. The van der Waals surface area contributed by atoms with Crippen molar-refractivity contribution in [3.8, 4) is 0 Å². The number of rotatable bonds is 7. The number of hydrogen-bond acceptors (Lipinski definition) is 9. The van der Waals surface area contributed by atoms with Gasteiger partial charge >= 0.3 is 11.9 Å². The SMILES string of the molecule is COCCOC(=O)C1=C(C)NC2=C(C(=O)C(C(=O)OC)C(C)C2)C1c1ccc(Cl)c([N+](=O)[O-])c1. The van der Waals surface area contributed by atoms with Gasteiger partial charge in [0.05, 0.1) is 24.2 Å². The second-order valence-electron chi connectivity index (χ2n) is 8.13. The number of nitrogens with one attached hydrogen (secondary N) is 1. The highest BCUT2D eigenvalue weighted by Crippen LogP contribution is 2.46. The number of nitro benzene ring substituents is 1. The predicted molar refractivity (Wildman–Crippen MR) is 121 cm³/mol. The molecule has 0 radical (unpaired) electrons. The zero-order valence-corrected chi connectivity index (χ0v) is 19.9. The lowest BCUT2D eigenvalue weighted by Crippen LogP contribution is -2.43. The van der Waals surface area contributed by atoms with Crippen molar-refractivity contribution in [1.82, 2.24) is 5.32 Å². The molecule has 1 heterocycles. The zero-order chi connectivity index (χ0) is 25.2. The quantitative estimate of drug-likeness (QED) is 0.200. The Morgan fingerprint density at radius 1 is 1.26 bits per heavy atom. The van der Waals surface area contributed by atoms with Gasteiger partial charge in [0, 0.05) is 36.1 Å². The van der Waals surface area contributed by atoms with Gasteiger partial charge in [-0.25, -0.2) is 4.79 Å². The highest BCUT2D eigenvalue weighted by atomic mass is 35.5. The molecule has 0 spiro atoms. The molecule has 0 aromatic heterocycles. The summed E-state index contributed by atoms with van der Waals surface area (Å²) in [6, 6.07) is 4.09. The van der Waals surface area contributed by atoms with E-state index in [-0.39, 0.29) is 41.0 Å². The summed E-state index contributed by atoms with van der Waals surface area (Å²) in [7, 11) is 2.66. The molecular weight excluding hydrogens is 468 g/mol. The summed E-state index contributed by atoms with van der Waals surface area (Å²) in [5.41, 5.74) is 1.21. The van der Waals surface area contributed by atoms with Crippen LogP contribution >= 0.6 is 11.6 Å². The molecule has 182 valence electrons. The molecule has 11 heteroatoms. The fraction of sp³-hybridized carbons (Fsp3) is 0.435. The molecule has 3 rings (SSSR count). The third-order valence-electron chi connectivity index (χ3n) is 5.98. The molecule has 1 aliphatic carbocycles. The molecular formula is C23H25ClN2O8. The fourth-order valence-electron chi connectivity index (χ4n) is 4.43. The van der Waals surface area contributed by atoms with Gasteiger partial charge in [-0.15, -0.1) is 0 Å². The first-order valence-electron chi connectivity index (χ1n) is 10.5. The number of halogens is 1. The monoisotopic (exact) mass is 492 g/mol. The van der Waals surface area contributed by atoms with Crippen LogP contribution < -0.4 is 5.32 Å². The number of nitro groups is 1. The Labute approximate surface area is 201 Å². The molecule has 0 saturated carbocycles. The summed E-state index contributed by atoms with van der Waals surface area (Å²) >= 11 is 6.00. The average molecular weight is 493 g/mol. The number of carbonyl (C=O) groups is 3. The van der Waals surface area contributed by atoms with E-state index in [0.717, 1.165) is 0 Å². The number of ether oxygens (including phenoxy) is 3. The molecule has 0 bridgehead atoms. The first-order valence-corrected chi connectivity index (χ1v) is 10.9. The number of allylic oxidation sites excluding steroid dienone is 3. The Kier molecular flexibility index (Phi) is 7.73. The number of carbonyl (C=O) groups excluding carboxylic acids is 3. The normalized spacial score (nSPS) is 22.1. The standard InChI is InChI=1S/C23H25ClN2O8/c1-11-9-15-20(21(27)17(11)22(28)33-4)19(13-5-6-14(24)16(10-13)26(30)31)18(12(2)25-15)23(29)34-8-7-32-3/h5-6,10-11,17,19,25H,7-9H2,1-4H3. The molecule has 1 aromatic carbocycles. The minimum Gasteiger partial charge on any atom is -0.468 e. The van der Waals surface area contributed by atoms with E-state index in [0.29, 0.717) is 23.4 Å². The maximum Gasteiger partial charge on any atom is 0.336 e. The Balaban J connectivity index is 2.19. The van der Waals surface area contributed by atoms with Crippen LogP contribution in [0.25, 0.3) is 0 Å². The second-order valence-corrected chi connectivity index (χ2v) is 8.54. The van der Waals surface area contributed by atoms with E-state index >= 15 is 0 Å². The van der Waals surface area contributed by atoms with Crippen LogP contribution in [-0.2, 0) is 28.6 Å². The van der Waals surface area contributed by atoms with Gasteiger partial charge in [0.15, 0.2) is 5.78 Å². The third-order valence-corrected chi connectivity index (χ3v) is 6.30. The van der Waals surface area contributed by atoms with Crippen LogP contribution in [0.15, 0.2) is 40.7 Å². The van der Waals surface area contributed by atoms with Crippen LogP contribution in [0.3, 0.4) is 0 Å². The van der Waals surface area contributed by atoms with Gasteiger partial charge in [0.25, 0.3) is 5.69 Å². The molecule has 1 aromatic rings. The average Bonchev–Trinajstić information content (AvgIpc) is 2.78. The molecule has 2 aliphatic rings. The molecule has 1 N–H and O–H groups in total. The predicted octanol–water partition coefficient (Wildman–Crippen LogP) is 3.05. The van der Waals surface area contributed by atoms with Gasteiger partial charge in [-0.3, -0.25) is 19.7 Å². The van der Waals surface area contributed by atoms with E-state index in [9.17, 15) is 24.5 Å². The lowest BCUT2D eigenvalue weighted by atomic mass is 9.69. The summed E-state index contributed by atoms with van der Waals surface area (Å²) in [6.45, 7) is 3.56. The molecule has 1 aliphatic heterocycles. The fourth-order valence-corrected chi connectivity index (χ4v) is 4.62. The molecule has 34 heavy (non-hydrogen) atoms. The van der Waals surface area contributed by atoms with Crippen molar-refractivity contribution >= 4 is 35.0 Å². The molecule has 3 unspecified atom stereocenters. The number of benzene rings is 1. The van der Waals surface area contributed by atoms with Crippen LogP contribution in [0.4, 0.5) is 5.69 Å². The Morgan fingerprint density at radius 2 is 1.97 bits per heavy atom. The van der Waals surface area contributed by atoms with Gasteiger partial charge in [0.2, 0.25) is 0 Å². The first-order chi connectivity index (χ1) is 16.1. The van der Waals surface area contributed by atoms with Crippen LogP contribution in [0, 0.1) is 22.0 Å². The number of ketones is 1. The van der Waals surface area contributed by atoms with Crippen LogP contribution in [0.1, 0.15) is 31.7 Å². The lowest BCUT2D eigenvalue weighted by Gasteiger charge is -2.38. The van der Waals surface area contributed by atoms with E-state index in [1.807, 2.05) is 0 Å². The number of nitrogens with zero attached hydrogens (tertiary/aromatic N) is 1. The lowest BCUT2D eigenvalue weighted by molar-refractivity contribution is -0.384. The molecule has 0 amide bonds. The number of dihydropyridines is 1. The first kappa shape index (κ1) is 25.4. The van der Waals surface area contributed by atoms with E-state index < -0.39 is 34.5 Å². The largest absolute Gasteiger partial charge is 0.468 e. The highest BCUT2D eigenvalue weighted by Gasteiger charge is 2.47. The van der Waals surface area contributed by atoms with Gasteiger partial charge in [0.1, 0.15) is 17.5 Å². The summed E-state index contributed by atoms with van der Waals surface area (Å²) in [6.07, 6.45) is 0.344. The number of esters is 2. The van der Waals surface area contributed by atoms with E-state index in [2.05, 4.69) is 5.32 Å². The third kappa shape index (κ3) is 4.69. The zero-order valence-electron chi connectivity index (χ0n) is 19.2. The molecule has 3 atom stereocenters. The molecule has 0 fully saturated rings. The summed E-state index contributed by atoms with van der Waals surface area (Å²) in [4.78, 5) is 50.1. The minimum absolute atomic E-state index is 0.0265. The van der Waals surface area contributed by atoms with Crippen LogP contribution in [0.2, 0.25) is 5.02 Å². The van der Waals surface area contributed by atoms with Crippen molar-refractivity contribution in [3.05, 3.63) is 61.4 Å². The minimum atomic E-state index is -1.07. The van der Waals surface area contributed by atoms with Crippen molar-refractivity contribution in [2.24, 2.45) is 11.8 Å². The topological polar surface area (TPSA) is 134 Å². The van der Waals surface area contributed by atoms with Crippen molar-refractivity contribution in [1.29, 1.82) is 0 Å². The van der Waals surface area contributed by atoms with E-state index in [4.69, 9.17) is 25.8 Å². The van der Waals surface area contributed by atoms with Crippen molar-refractivity contribution in [2.45, 2.75) is 26.2 Å². The van der Waals surface area contributed by atoms with Crippen molar-refractivity contribution in [2.75, 3.05) is 27.4 Å². The van der Waals surface area contributed by atoms with Crippen LogP contribution in [-0.4, -0.2) is 50.1 Å². The smallest absolute Gasteiger partial charge is 0.336 e. The Morgan fingerprint density at radius 3 is 2.59 bits per heavy atom. The van der Waals surface area contributed by atoms with Gasteiger partial charge in [-0.05, 0) is 30.9 Å². The highest BCUT2D eigenvalue weighted by molar-refractivity contribution is 6.32. The van der Waals surface area contributed by atoms with Gasteiger partial charge in [-0.2, -0.15) is 0 Å². The number of methoxy groups -OCH3 is 2. The maximum absolute atomic E-state index is 13.6. The molecule has 10 nitrogen and oxygen atoms in total. The maximum atomic E-state index is 13.6. The van der Waals surface area contributed by atoms with Crippen molar-refractivity contribution < 1.29 is 33.5 Å². The van der Waals surface area contributed by atoms with Gasteiger partial charge < -0.3 is 19.5 Å². The number of Topliss-reactive ketones (excluding diaryl/α,β-unsaturated/α-hetero) is 1. The Bertz CT molecular complexity index is 1110.